The molecule has 1 N–H and O–H groups in total. The van der Waals surface area contributed by atoms with Crippen molar-refractivity contribution >= 4 is 23.5 Å². The average molecular weight is 399 g/mol. The van der Waals surface area contributed by atoms with E-state index in [1.54, 1.807) is 19.9 Å². The number of halogens is 1. The van der Waals surface area contributed by atoms with Crippen molar-refractivity contribution in [3.8, 4) is 11.5 Å². The molecule has 6 nitrogen and oxygen atoms in total. The molecule has 0 saturated carbocycles. The Balaban J connectivity index is 1.59. The molecule has 0 saturated heterocycles. The molecule has 28 heavy (non-hydrogen) atoms. The normalized spacial score (nSPS) is 11.7. The van der Waals surface area contributed by atoms with Crippen molar-refractivity contribution in [1.29, 1.82) is 0 Å². The van der Waals surface area contributed by atoms with Gasteiger partial charge in [0.1, 0.15) is 5.76 Å². The summed E-state index contributed by atoms with van der Waals surface area (Å²) in [5, 5.41) is 3.30. The van der Waals surface area contributed by atoms with Crippen LogP contribution in [0.25, 0.3) is 11.5 Å². The molecule has 0 aliphatic carbocycles. The summed E-state index contributed by atoms with van der Waals surface area (Å²) in [5.41, 5.74) is 1.57. The van der Waals surface area contributed by atoms with Gasteiger partial charge in [-0.1, -0.05) is 48.0 Å². The first-order valence-corrected chi connectivity index (χ1v) is 9.07. The fraction of sp³-hybridized carbons (Fsp3) is 0.190. The molecule has 0 fully saturated rings. The van der Waals surface area contributed by atoms with E-state index in [9.17, 15) is 9.59 Å². The number of amides is 1. The Hall–Kier alpha value is -3.12. The highest BCUT2D eigenvalue weighted by Gasteiger charge is 2.21. The van der Waals surface area contributed by atoms with Gasteiger partial charge in [0.05, 0.1) is 6.04 Å². The van der Waals surface area contributed by atoms with Crippen molar-refractivity contribution in [3.05, 3.63) is 76.6 Å². The minimum absolute atomic E-state index is 0.0470. The maximum Gasteiger partial charge on any atom is 0.361 e. The van der Waals surface area contributed by atoms with Crippen LogP contribution in [0.5, 0.6) is 0 Å². The van der Waals surface area contributed by atoms with Gasteiger partial charge in [-0.05, 0) is 37.6 Å². The number of hydrogen-bond donors (Lipinski definition) is 1. The second-order valence-electron chi connectivity index (χ2n) is 6.18. The van der Waals surface area contributed by atoms with Crippen LogP contribution in [0.4, 0.5) is 0 Å². The van der Waals surface area contributed by atoms with Gasteiger partial charge in [-0.3, -0.25) is 4.79 Å². The number of esters is 1. The largest absolute Gasteiger partial charge is 0.451 e. The van der Waals surface area contributed by atoms with E-state index in [2.05, 4.69) is 10.3 Å². The zero-order valence-corrected chi connectivity index (χ0v) is 16.2. The summed E-state index contributed by atoms with van der Waals surface area (Å²) < 4.78 is 10.6. The first-order valence-electron chi connectivity index (χ1n) is 8.69. The molecule has 2 aromatic carbocycles. The minimum Gasteiger partial charge on any atom is -0.451 e. The van der Waals surface area contributed by atoms with Gasteiger partial charge in [-0.25, -0.2) is 9.78 Å². The van der Waals surface area contributed by atoms with Crippen LogP contribution in [-0.2, 0) is 9.53 Å². The van der Waals surface area contributed by atoms with Crippen LogP contribution >= 0.6 is 11.6 Å². The van der Waals surface area contributed by atoms with Crippen LogP contribution in [0.15, 0.2) is 59.0 Å². The van der Waals surface area contributed by atoms with E-state index in [4.69, 9.17) is 20.8 Å². The van der Waals surface area contributed by atoms with Gasteiger partial charge < -0.3 is 14.5 Å². The number of rotatable bonds is 6. The maximum absolute atomic E-state index is 12.3. The standard InChI is InChI=1S/C21H19ClN2O4/c1-13(16-10-6-7-11-17(16)22)23-18(25)12-27-21(26)19-14(2)28-20(24-19)15-8-4-3-5-9-15/h3-11,13H,12H2,1-2H3,(H,23,25)/t13-/m1/s1. The van der Waals surface area contributed by atoms with Crippen LogP contribution in [0.1, 0.15) is 34.8 Å². The molecule has 0 unspecified atom stereocenters. The quantitative estimate of drug-likeness (QED) is 0.625. The predicted octanol–water partition coefficient (Wildman–Crippen LogP) is 4.34. The summed E-state index contributed by atoms with van der Waals surface area (Å²) in [5.74, 6) is -0.510. The smallest absolute Gasteiger partial charge is 0.361 e. The molecule has 1 amide bonds. The number of carbonyl (C=O) groups excluding carboxylic acids is 2. The van der Waals surface area contributed by atoms with Crippen molar-refractivity contribution in [2.75, 3.05) is 6.61 Å². The molecule has 1 heterocycles. The van der Waals surface area contributed by atoms with Gasteiger partial charge in [0.25, 0.3) is 5.91 Å². The monoisotopic (exact) mass is 398 g/mol. The Bertz CT molecular complexity index is 985. The number of aromatic nitrogens is 1. The van der Waals surface area contributed by atoms with E-state index in [1.165, 1.54) is 0 Å². The minimum atomic E-state index is -0.719. The number of benzene rings is 2. The summed E-state index contributed by atoms with van der Waals surface area (Å²) in [6, 6.07) is 16.1. The Morgan fingerprint density at radius 1 is 1.14 bits per heavy atom. The molecule has 144 valence electrons. The van der Waals surface area contributed by atoms with Gasteiger partial charge in [0, 0.05) is 10.6 Å². The molecular formula is C21H19ClN2O4. The summed E-state index contributed by atoms with van der Waals surface area (Å²) in [6.07, 6.45) is 0. The Morgan fingerprint density at radius 3 is 2.54 bits per heavy atom. The molecule has 0 aliphatic rings. The van der Waals surface area contributed by atoms with E-state index in [-0.39, 0.29) is 11.7 Å². The third kappa shape index (κ3) is 4.58. The van der Waals surface area contributed by atoms with Crippen LogP contribution in [0.3, 0.4) is 0 Å². The molecule has 1 aromatic heterocycles. The van der Waals surface area contributed by atoms with Crippen LogP contribution in [-0.4, -0.2) is 23.5 Å². The maximum atomic E-state index is 12.3. The summed E-state index contributed by atoms with van der Waals surface area (Å²) in [4.78, 5) is 28.6. The number of hydrogen-bond acceptors (Lipinski definition) is 5. The molecule has 0 bridgehead atoms. The number of carbonyl (C=O) groups is 2. The number of aryl methyl sites for hydroxylation is 1. The molecule has 0 aliphatic heterocycles. The van der Waals surface area contributed by atoms with Crippen molar-refractivity contribution in [2.45, 2.75) is 19.9 Å². The van der Waals surface area contributed by atoms with Crippen molar-refractivity contribution in [3.63, 3.8) is 0 Å². The third-order valence-electron chi connectivity index (χ3n) is 4.09. The predicted molar refractivity (Wildman–Crippen MR) is 105 cm³/mol. The topological polar surface area (TPSA) is 81.4 Å². The summed E-state index contributed by atoms with van der Waals surface area (Å²) in [6.45, 7) is 2.99. The van der Waals surface area contributed by atoms with Crippen LogP contribution in [0, 0.1) is 6.92 Å². The highest BCUT2D eigenvalue weighted by atomic mass is 35.5. The van der Waals surface area contributed by atoms with Gasteiger partial charge in [-0.2, -0.15) is 0 Å². The second-order valence-corrected chi connectivity index (χ2v) is 6.58. The summed E-state index contributed by atoms with van der Waals surface area (Å²) in [7, 11) is 0. The molecule has 0 spiro atoms. The van der Waals surface area contributed by atoms with Crippen molar-refractivity contribution in [1.82, 2.24) is 10.3 Å². The first kappa shape index (κ1) is 19.6. The molecular weight excluding hydrogens is 380 g/mol. The number of nitrogens with one attached hydrogen (secondary N) is 1. The van der Waals surface area contributed by atoms with E-state index in [0.29, 0.717) is 16.7 Å². The highest BCUT2D eigenvalue weighted by molar-refractivity contribution is 6.31. The fourth-order valence-corrected chi connectivity index (χ4v) is 2.98. The zero-order chi connectivity index (χ0) is 20.1. The molecule has 3 rings (SSSR count). The van der Waals surface area contributed by atoms with Crippen molar-refractivity contribution < 1.29 is 18.7 Å². The van der Waals surface area contributed by atoms with Crippen LogP contribution in [0.2, 0.25) is 5.02 Å². The lowest BCUT2D eigenvalue weighted by molar-refractivity contribution is -0.124. The van der Waals surface area contributed by atoms with Gasteiger partial charge >= 0.3 is 5.97 Å². The first-order chi connectivity index (χ1) is 13.5. The number of oxazole rings is 1. The van der Waals surface area contributed by atoms with Gasteiger partial charge in [-0.15, -0.1) is 0 Å². The lowest BCUT2D eigenvalue weighted by atomic mass is 10.1. The Labute approximate surface area is 167 Å². The van der Waals surface area contributed by atoms with Gasteiger partial charge in [0.15, 0.2) is 12.3 Å². The SMILES string of the molecule is Cc1oc(-c2ccccc2)nc1C(=O)OCC(=O)N[C@H](C)c1ccccc1Cl. The number of ether oxygens (including phenoxy) is 1. The third-order valence-corrected chi connectivity index (χ3v) is 4.44. The zero-order valence-electron chi connectivity index (χ0n) is 15.4. The van der Waals surface area contributed by atoms with Crippen molar-refractivity contribution in [2.24, 2.45) is 0 Å². The Morgan fingerprint density at radius 2 is 1.82 bits per heavy atom. The number of nitrogens with zero attached hydrogens (tertiary/aromatic N) is 1. The van der Waals surface area contributed by atoms with E-state index in [1.807, 2.05) is 48.5 Å². The fourth-order valence-electron chi connectivity index (χ4n) is 2.68. The molecule has 3 aromatic rings. The van der Waals surface area contributed by atoms with E-state index in [0.717, 1.165) is 11.1 Å². The summed E-state index contributed by atoms with van der Waals surface area (Å²) >= 11 is 6.13. The average Bonchev–Trinajstić information content (AvgIpc) is 3.09. The molecule has 7 heteroatoms. The van der Waals surface area contributed by atoms with E-state index < -0.39 is 18.5 Å². The van der Waals surface area contributed by atoms with E-state index >= 15 is 0 Å². The van der Waals surface area contributed by atoms with Crippen LogP contribution < -0.4 is 5.32 Å². The van der Waals surface area contributed by atoms with Gasteiger partial charge in [0.2, 0.25) is 5.89 Å². The highest BCUT2D eigenvalue weighted by Crippen LogP contribution is 2.23. The molecule has 1 atom stereocenters. The Kier molecular flexibility index (Phi) is 6.11. The lowest BCUT2D eigenvalue weighted by Gasteiger charge is -2.15. The molecule has 0 radical (unpaired) electrons. The lowest BCUT2D eigenvalue weighted by Crippen LogP contribution is -2.31. The second kappa shape index (κ2) is 8.71.